The first-order valence-corrected chi connectivity index (χ1v) is 14.0. The Morgan fingerprint density at radius 2 is 2.19 bits per heavy atom. The number of halogens is 2. The topological polar surface area (TPSA) is 135 Å². The Balaban J connectivity index is 1.67. The molecule has 37 heavy (non-hydrogen) atoms. The molecule has 15 heteroatoms. The highest BCUT2D eigenvalue weighted by atomic mass is 32.2. The summed E-state index contributed by atoms with van der Waals surface area (Å²) in [7, 11) is -2.53. The molecule has 1 N–H and O–H groups in total. The number of nitriles is 1. The number of anilines is 1. The van der Waals surface area contributed by atoms with Crippen molar-refractivity contribution in [1.29, 1.82) is 5.26 Å². The third-order valence-corrected chi connectivity index (χ3v) is 8.97. The lowest BCUT2D eigenvalue weighted by atomic mass is 10.1. The van der Waals surface area contributed by atoms with Gasteiger partial charge in [0.1, 0.15) is 16.1 Å². The molecule has 1 aliphatic carbocycles. The van der Waals surface area contributed by atoms with Crippen LogP contribution in [0.5, 0.6) is 0 Å². The summed E-state index contributed by atoms with van der Waals surface area (Å²) < 4.78 is 68.5. The van der Waals surface area contributed by atoms with Crippen molar-refractivity contribution in [2.24, 2.45) is 0 Å². The molecule has 1 saturated heterocycles. The molecule has 0 spiro atoms. The molecule has 0 bridgehead atoms. The third-order valence-electron chi connectivity index (χ3n) is 6.51. The van der Waals surface area contributed by atoms with Crippen LogP contribution in [-0.2, 0) is 19.5 Å². The summed E-state index contributed by atoms with van der Waals surface area (Å²) in [6, 6.07) is 3.50. The van der Waals surface area contributed by atoms with Crippen molar-refractivity contribution in [2.75, 3.05) is 31.8 Å². The van der Waals surface area contributed by atoms with Crippen LogP contribution in [0.25, 0.3) is 16.3 Å². The molecule has 2 aliphatic rings. The molecule has 0 radical (unpaired) electrons. The van der Waals surface area contributed by atoms with Gasteiger partial charge in [0.15, 0.2) is 15.7 Å². The quantitative estimate of drug-likeness (QED) is 0.424. The van der Waals surface area contributed by atoms with E-state index in [2.05, 4.69) is 19.9 Å². The normalized spacial score (nSPS) is 21.5. The molecule has 5 rings (SSSR count). The van der Waals surface area contributed by atoms with Crippen molar-refractivity contribution in [3.63, 3.8) is 0 Å². The Bertz CT molecular complexity index is 1450. The standard InChI is InChI=1S/C22H25F2N7O4S2/c1-3-13-10-35-14(11-34-2)8-30(13)16-6-15(37(32,33)29-22(12-25)4-5-22)9-31-17(7-26-19(16)31)20-27-28-21(36-20)18(23)24/h6-7,9,13-14,18,29H,3-5,8,10-11H2,1-2H3/t13-,14+/m0/s1. The fourth-order valence-electron chi connectivity index (χ4n) is 4.34. The van der Waals surface area contributed by atoms with Gasteiger partial charge in [-0.2, -0.15) is 9.98 Å². The maximum Gasteiger partial charge on any atom is 0.291 e. The first kappa shape index (κ1) is 25.9. The summed E-state index contributed by atoms with van der Waals surface area (Å²) in [6.45, 7) is 3.20. The summed E-state index contributed by atoms with van der Waals surface area (Å²) in [4.78, 5) is 6.48. The number of imidazole rings is 1. The Kier molecular flexibility index (Phi) is 6.88. The molecule has 4 heterocycles. The number of alkyl halides is 2. The second-order valence-electron chi connectivity index (χ2n) is 9.07. The summed E-state index contributed by atoms with van der Waals surface area (Å²) in [5.74, 6) is 0. The molecule has 1 aliphatic heterocycles. The summed E-state index contributed by atoms with van der Waals surface area (Å²) in [5, 5.41) is 16.6. The minimum absolute atomic E-state index is 0.0659. The zero-order valence-electron chi connectivity index (χ0n) is 20.1. The summed E-state index contributed by atoms with van der Waals surface area (Å²) >= 11 is 0.713. The van der Waals surface area contributed by atoms with E-state index in [4.69, 9.17) is 9.47 Å². The predicted octanol–water partition coefficient (Wildman–Crippen LogP) is 2.76. The maximum atomic E-state index is 13.4. The van der Waals surface area contributed by atoms with Gasteiger partial charge in [-0.05, 0) is 25.3 Å². The Labute approximate surface area is 216 Å². The van der Waals surface area contributed by atoms with Gasteiger partial charge in [-0.1, -0.05) is 18.3 Å². The van der Waals surface area contributed by atoms with Gasteiger partial charge >= 0.3 is 0 Å². The molecule has 3 aromatic heterocycles. The Hall–Kier alpha value is -2.77. The summed E-state index contributed by atoms with van der Waals surface area (Å²) in [5.41, 5.74) is 0.173. The van der Waals surface area contributed by atoms with Crippen LogP contribution in [0.2, 0.25) is 0 Å². The van der Waals surface area contributed by atoms with E-state index in [1.807, 2.05) is 17.9 Å². The van der Waals surface area contributed by atoms with E-state index in [1.54, 1.807) is 7.11 Å². The van der Waals surface area contributed by atoms with Gasteiger partial charge < -0.3 is 14.4 Å². The van der Waals surface area contributed by atoms with Crippen LogP contribution in [0, 0.1) is 11.3 Å². The van der Waals surface area contributed by atoms with Gasteiger partial charge in [-0.3, -0.25) is 4.40 Å². The number of methoxy groups -OCH3 is 1. The van der Waals surface area contributed by atoms with Crippen LogP contribution in [0.15, 0.2) is 23.4 Å². The zero-order chi connectivity index (χ0) is 26.4. The number of sulfonamides is 1. The molecular formula is C22H25F2N7O4S2. The lowest BCUT2D eigenvalue weighted by Gasteiger charge is -2.41. The zero-order valence-corrected chi connectivity index (χ0v) is 21.7. The van der Waals surface area contributed by atoms with Crippen LogP contribution >= 0.6 is 11.3 Å². The third kappa shape index (κ3) is 4.91. The van der Waals surface area contributed by atoms with Crippen LogP contribution in [0.1, 0.15) is 37.6 Å². The first-order valence-electron chi connectivity index (χ1n) is 11.7. The number of morpholine rings is 1. The van der Waals surface area contributed by atoms with E-state index < -0.39 is 27.0 Å². The lowest BCUT2D eigenvalue weighted by Crippen LogP contribution is -2.51. The number of nitrogens with zero attached hydrogens (tertiary/aromatic N) is 6. The van der Waals surface area contributed by atoms with E-state index >= 15 is 0 Å². The van der Waals surface area contributed by atoms with Crippen LogP contribution < -0.4 is 9.62 Å². The van der Waals surface area contributed by atoms with Crippen molar-refractivity contribution < 1.29 is 26.7 Å². The number of fused-ring (bicyclic) bond motifs is 1. The van der Waals surface area contributed by atoms with Gasteiger partial charge in [0.25, 0.3) is 6.43 Å². The van der Waals surface area contributed by atoms with Gasteiger partial charge in [0.2, 0.25) is 10.0 Å². The monoisotopic (exact) mass is 553 g/mol. The number of nitrogens with one attached hydrogen (secondary N) is 1. The van der Waals surface area contributed by atoms with Gasteiger partial charge in [-0.15, -0.1) is 10.2 Å². The van der Waals surface area contributed by atoms with Gasteiger partial charge in [-0.25, -0.2) is 22.2 Å². The Morgan fingerprint density at radius 1 is 1.41 bits per heavy atom. The number of ether oxygens (including phenoxy) is 2. The van der Waals surface area contributed by atoms with Crippen molar-refractivity contribution in [3.8, 4) is 16.8 Å². The first-order chi connectivity index (χ1) is 17.7. The van der Waals surface area contributed by atoms with E-state index in [9.17, 15) is 22.5 Å². The summed E-state index contributed by atoms with van der Waals surface area (Å²) in [6.07, 6.45) is 1.38. The molecule has 0 amide bonds. The molecule has 0 aromatic carbocycles. The van der Waals surface area contributed by atoms with Gasteiger partial charge in [0.05, 0.1) is 43.3 Å². The second kappa shape index (κ2) is 9.84. The number of hydrogen-bond donors (Lipinski definition) is 1. The molecular weight excluding hydrogens is 528 g/mol. The molecule has 1 saturated carbocycles. The smallest absolute Gasteiger partial charge is 0.291 e. The average Bonchev–Trinajstić information content (AvgIpc) is 3.27. The SMILES string of the molecule is CC[C@H]1CO[C@@H](COC)CN1c1cc(S(=O)(=O)NC2(C#N)CC2)cn2c(-c3nnc(C(F)F)s3)cnc12. The van der Waals surface area contributed by atoms with Crippen molar-refractivity contribution in [2.45, 2.75) is 55.2 Å². The lowest BCUT2D eigenvalue weighted by molar-refractivity contribution is -0.0249. The van der Waals surface area contributed by atoms with Crippen molar-refractivity contribution in [1.82, 2.24) is 24.3 Å². The minimum Gasteiger partial charge on any atom is -0.382 e. The minimum atomic E-state index is -4.11. The fourth-order valence-corrected chi connectivity index (χ4v) is 6.44. The number of rotatable bonds is 9. The highest BCUT2D eigenvalue weighted by Crippen LogP contribution is 2.38. The maximum absolute atomic E-state index is 13.4. The predicted molar refractivity (Wildman–Crippen MR) is 130 cm³/mol. The van der Waals surface area contributed by atoms with Crippen LogP contribution in [0.3, 0.4) is 0 Å². The van der Waals surface area contributed by atoms with Crippen LogP contribution in [0.4, 0.5) is 14.5 Å². The highest BCUT2D eigenvalue weighted by Gasteiger charge is 2.47. The van der Waals surface area contributed by atoms with Crippen molar-refractivity contribution in [3.05, 3.63) is 23.5 Å². The molecule has 198 valence electrons. The van der Waals surface area contributed by atoms with E-state index in [0.29, 0.717) is 61.0 Å². The fraction of sp³-hybridized carbons (Fsp3) is 0.545. The van der Waals surface area contributed by atoms with Crippen molar-refractivity contribution >= 4 is 32.7 Å². The number of hydrogen-bond acceptors (Lipinski definition) is 10. The van der Waals surface area contributed by atoms with Gasteiger partial charge in [0, 0.05) is 19.9 Å². The second-order valence-corrected chi connectivity index (χ2v) is 11.8. The Morgan fingerprint density at radius 3 is 2.81 bits per heavy atom. The number of pyridine rings is 1. The highest BCUT2D eigenvalue weighted by molar-refractivity contribution is 7.89. The number of aromatic nitrogens is 4. The molecule has 3 aromatic rings. The molecule has 11 nitrogen and oxygen atoms in total. The molecule has 0 unspecified atom stereocenters. The molecule has 2 fully saturated rings. The van der Waals surface area contributed by atoms with Crippen LogP contribution in [-0.4, -0.2) is 72.6 Å². The van der Waals surface area contributed by atoms with E-state index in [1.165, 1.54) is 22.9 Å². The molecule has 2 atom stereocenters. The largest absolute Gasteiger partial charge is 0.382 e. The average molecular weight is 554 g/mol. The van der Waals surface area contributed by atoms with E-state index in [0.717, 1.165) is 6.42 Å². The van der Waals surface area contributed by atoms with E-state index in [-0.39, 0.29) is 22.0 Å².